The molecule has 3 rings (SSSR count). The minimum atomic E-state index is 0.428. The van der Waals surface area contributed by atoms with Gasteiger partial charge in [-0.25, -0.2) is 0 Å². The summed E-state index contributed by atoms with van der Waals surface area (Å²) >= 11 is 0. The second-order valence-corrected chi connectivity index (χ2v) is 5.99. The van der Waals surface area contributed by atoms with Gasteiger partial charge in [0, 0.05) is 6.04 Å². The first-order chi connectivity index (χ1) is 8.66. The van der Waals surface area contributed by atoms with Crippen LogP contribution in [-0.4, -0.2) is 24.0 Å². The standard InChI is InChI=1S/C17H23N/c1-12-7-10-16-13(2)17(18(3)15-8-9-15)6-4-5-14(16)11-12/h4,6,11,15,17H,2,5,7-10H2,1,3H3. The van der Waals surface area contributed by atoms with Crippen molar-refractivity contribution in [1.29, 1.82) is 0 Å². The molecule has 0 aromatic heterocycles. The van der Waals surface area contributed by atoms with Gasteiger partial charge < -0.3 is 0 Å². The lowest BCUT2D eigenvalue weighted by Gasteiger charge is -2.29. The van der Waals surface area contributed by atoms with Crippen molar-refractivity contribution >= 4 is 0 Å². The van der Waals surface area contributed by atoms with Crippen molar-refractivity contribution < 1.29 is 0 Å². The largest absolute Gasteiger partial charge is 0.293 e. The van der Waals surface area contributed by atoms with E-state index in [2.05, 4.69) is 43.7 Å². The molecule has 0 amide bonds. The molecule has 0 saturated heterocycles. The maximum Gasteiger partial charge on any atom is 0.0528 e. The van der Waals surface area contributed by atoms with Crippen molar-refractivity contribution in [2.75, 3.05) is 7.05 Å². The summed E-state index contributed by atoms with van der Waals surface area (Å²) in [6, 6.07) is 1.22. The van der Waals surface area contributed by atoms with Crippen LogP contribution in [0.3, 0.4) is 0 Å². The third-order valence-electron chi connectivity index (χ3n) is 4.54. The second-order valence-electron chi connectivity index (χ2n) is 5.99. The average Bonchev–Trinajstić information content (AvgIpc) is 3.16. The van der Waals surface area contributed by atoms with Gasteiger partial charge in [0.15, 0.2) is 0 Å². The van der Waals surface area contributed by atoms with Gasteiger partial charge in [0.2, 0.25) is 0 Å². The second kappa shape index (κ2) is 4.55. The summed E-state index contributed by atoms with van der Waals surface area (Å²) in [6.45, 7) is 6.66. The molecule has 1 nitrogen and oxygen atoms in total. The zero-order chi connectivity index (χ0) is 12.7. The maximum atomic E-state index is 4.42. The van der Waals surface area contributed by atoms with E-state index in [1.165, 1.54) is 48.0 Å². The molecule has 0 aromatic carbocycles. The molecule has 18 heavy (non-hydrogen) atoms. The minimum Gasteiger partial charge on any atom is -0.293 e. The monoisotopic (exact) mass is 241 g/mol. The van der Waals surface area contributed by atoms with Crippen LogP contribution in [0.15, 0.2) is 47.1 Å². The summed E-state index contributed by atoms with van der Waals surface area (Å²) in [4.78, 5) is 2.51. The van der Waals surface area contributed by atoms with Crippen LogP contribution in [0, 0.1) is 0 Å². The highest BCUT2D eigenvalue weighted by molar-refractivity contribution is 5.49. The van der Waals surface area contributed by atoms with Crippen LogP contribution < -0.4 is 0 Å². The molecule has 0 radical (unpaired) electrons. The van der Waals surface area contributed by atoms with Gasteiger partial charge in [-0.05, 0) is 62.8 Å². The Balaban J connectivity index is 1.90. The predicted octanol–water partition coefficient (Wildman–Crippen LogP) is 4.00. The van der Waals surface area contributed by atoms with Gasteiger partial charge in [0.1, 0.15) is 0 Å². The van der Waals surface area contributed by atoms with E-state index in [0.29, 0.717) is 6.04 Å². The molecular formula is C17H23N. The van der Waals surface area contributed by atoms with Gasteiger partial charge in [0.25, 0.3) is 0 Å². The smallest absolute Gasteiger partial charge is 0.0528 e. The fourth-order valence-corrected chi connectivity index (χ4v) is 3.20. The minimum absolute atomic E-state index is 0.428. The number of allylic oxidation sites excluding steroid dienone is 4. The molecule has 1 heteroatoms. The van der Waals surface area contributed by atoms with Gasteiger partial charge in [-0.15, -0.1) is 0 Å². The van der Waals surface area contributed by atoms with E-state index in [4.69, 9.17) is 0 Å². The molecular weight excluding hydrogens is 218 g/mol. The van der Waals surface area contributed by atoms with Crippen molar-refractivity contribution in [3.8, 4) is 0 Å². The van der Waals surface area contributed by atoms with Crippen LogP contribution >= 0.6 is 0 Å². The van der Waals surface area contributed by atoms with E-state index in [-0.39, 0.29) is 0 Å². The van der Waals surface area contributed by atoms with Crippen molar-refractivity contribution in [3.63, 3.8) is 0 Å². The van der Waals surface area contributed by atoms with Crippen molar-refractivity contribution in [3.05, 3.63) is 47.1 Å². The molecule has 1 fully saturated rings. The summed E-state index contributed by atoms with van der Waals surface area (Å²) in [6.07, 6.45) is 13.3. The molecule has 0 aliphatic heterocycles. The summed E-state index contributed by atoms with van der Waals surface area (Å²) in [5, 5.41) is 0. The van der Waals surface area contributed by atoms with Crippen LogP contribution in [-0.2, 0) is 0 Å². The van der Waals surface area contributed by atoms with Gasteiger partial charge in [0.05, 0.1) is 6.04 Å². The van der Waals surface area contributed by atoms with Gasteiger partial charge in [-0.1, -0.05) is 30.4 Å². The first kappa shape index (κ1) is 12.0. The van der Waals surface area contributed by atoms with Gasteiger partial charge in [-0.2, -0.15) is 0 Å². The van der Waals surface area contributed by atoms with Crippen LogP contribution in [0.4, 0.5) is 0 Å². The predicted molar refractivity (Wildman–Crippen MR) is 77.5 cm³/mol. The average molecular weight is 241 g/mol. The van der Waals surface area contributed by atoms with Crippen molar-refractivity contribution in [2.45, 2.75) is 51.1 Å². The maximum absolute atomic E-state index is 4.42. The molecule has 0 heterocycles. The molecule has 0 spiro atoms. The zero-order valence-corrected chi connectivity index (χ0v) is 11.6. The van der Waals surface area contributed by atoms with E-state index < -0.39 is 0 Å². The van der Waals surface area contributed by atoms with E-state index in [1.807, 2.05) is 0 Å². The van der Waals surface area contributed by atoms with Crippen molar-refractivity contribution in [1.82, 2.24) is 4.90 Å². The zero-order valence-electron chi connectivity index (χ0n) is 11.6. The van der Waals surface area contributed by atoms with Crippen LogP contribution in [0.5, 0.6) is 0 Å². The van der Waals surface area contributed by atoms with E-state index in [0.717, 1.165) is 12.5 Å². The first-order valence-electron chi connectivity index (χ1n) is 7.14. The molecule has 1 unspecified atom stereocenters. The first-order valence-corrected chi connectivity index (χ1v) is 7.14. The molecule has 1 atom stereocenters. The summed E-state index contributed by atoms with van der Waals surface area (Å²) in [5.41, 5.74) is 5.90. The fraction of sp³-hybridized carbons (Fsp3) is 0.529. The molecule has 0 aromatic rings. The number of hydrogen-bond acceptors (Lipinski definition) is 1. The molecule has 96 valence electrons. The summed E-state index contributed by atoms with van der Waals surface area (Å²) < 4.78 is 0. The van der Waals surface area contributed by atoms with Crippen LogP contribution in [0.25, 0.3) is 0 Å². The third-order valence-corrected chi connectivity index (χ3v) is 4.54. The SMILES string of the molecule is C=C1C2=C(C=C(C)CC2)CC=CC1N(C)C1CC1. The number of likely N-dealkylation sites (N-methyl/N-ethyl adjacent to an activating group) is 1. The van der Waals surface area contributed by atoms with Gasteiger partial charge in [-0.3, -0.25) is 4.90 Å². The highest BCUT2D eigenvalue weighted by atomic mass is 15.2. The molecule has 3 aliphatic carbocycles. The summed E-state index contributed by atoms with van der Waals surface area (Å²) in [5.74, 6) is 0. The lowest BCUT2D eigenvalue weighted by atomic mass is 9.86. The number of rotatable bonds is 2. The Bertz CT molecular complexity index is 460. The summed E-state index contributed by atoms with van der Waals surface area (Å²) in [7, 11) is 2.26. The lowest BCUT2D eigenvalue weighted by molar-refractivity contribution is 0.300. The number of hydrogen-bond donors (Lipinski definition) is 0. The Hall–Kier alpha value is -1.08. The Morgan fingerprint density at radius 3 is 2.78 bits per heavy atom. The lowest BCUT2D eigenvalue weighted by Crippen LogP contribution is -2.33. The topological polar surface area (TPSA) is 3.24 Å². The third kappa shape index (κ3) is 2.12. The molecule has 0 bridgehead atoms. The molecule has 0 N–H and O–H groups in total. The molecule has 3 aliphatic rings. The highest BCUT2D eigenvalue weighted by Gasteiger charge is 2.33. The van der Waals surface area contributed by atoms with E-state index in [9.17, 15) is 0 Å². The fourth-order valence-electron chi connectivity index (χ4n) is 3.20. The Morgan fingerprint density at radius 1 is 1.28 bits per heavy atom. The van der Waals surface area contributed by atoms with Gasteiger partial charge >= 0.3 is 0 Å². The van der Waals surface area contributed by atoms with E-state index in [1.54, 1.807) is 0 Å². The Labute approximate surface area is 111 Å². The van der Waals surface area contributed by atoms with Crippen LogP contribution in [0.1, 0.15) is 39.0 Å². The Morgan fingerprint density at radius 2 is 2.06 bits per heavy atom. The quantitative estimate of drug-likeness (QED) is 0.660. The van der Waals surface area contributed by atoms with Crippen LogP contribution in [0.2, 0.25) is 0 Å². The Kier molecular flexibility index (Phi) is 3.03. The van der Waals surface area contributed by atoms with E-state index >= 15 is 0 Å². The normalized spacial score (nSPS) is 28.3. The number of nitrogens with zero attached hydrogens (tertiary/aromatic N) is 1. The van der Waals surface area contributed by atoms with Crippen molar-refractivity contribution in [2.24, 2.45) is 0 Å². The highest BCUT2D eigenvalue weighted by Crippen LogP contribution is 2.37. The molecule has 1 saturated carbocycles.